The summed E-state index contributed by atoms with van der Waals surface area (Å²) in [5.41, 5.74) is 0.456. The number of anilines is 1. The first-order valence-electron chi connectivity index (χ1n) is 7.84. The van der Waals surface area contributed by atoms with Gasteiger partial charge in [0.15, 0.2) is 5.82 Å². The number of hydrogen-bond donors (Lipinski definition) is 3. The molecule has 7 nitrogen and oxygen atoms in total. The average Bonchev–Trinajstić information content (AvgIpc) is 2.68. The first-order valence-corrected chi connectivity index (χ1v) is 8.63. The molecular formula is C18H15BrFN3O4. The lowest BCUT2D eigenvalue weighted by atomic mass is 10.1. The molecule has 9 heteroatoms. The van der Waals surface area contributed by atoms with Gasteiger partial charge in [-0.05, 0) is 28.1 Å². The van der Waals surface area contributed by atoms with Gasteiger partial charge in [-0.25, -0.2) is 9.18 Å². The number of aliphatic hydroxyl groups excluding tert-OH is 1. The normalized spacial score (nSPS) is 12.0. The molecule has 0 saturated carbocycles. The van der Waals surface area contributed by atoms with E-state index in [1.165, 1.54) is 13.2 Å². The molecule has 1 atom stereocenters. The summed E-state index contributed by atoms with van der Waals surface area (Å²) in [5, 5.41) is 22.2. The third kappa shape index (κ3) is 3.56. The Kier molecular flexibility index (Phi) is 5.52. The van der Waals surface area contributed by atoms with E-state index in [-0.39, 0.29) is 39.0 Å². The van der Waals surface area contributed by atoms with E-state index in [0.717, 1.165) is 6.20 Å². The highest BCUT2D eigenvalue weighted by molar-refractivity contribution is 9.10. The monoisotopic (exact) mass is 435 g/mol. The lowest BCUT2D eigenvalue weighted by molar-refractivity contribution is 0.0697. The van der Waals surface area contributed by atoms with Crippen LogP contribution in [0.4, 0.5) is 10.1 Å². The Morgan fingerprint density at radius 1 is 1.41 bits per heavy atom. The number of aromatic nitrogens is 2. The van der Waals surface area contributed by atoms with E-state index in [9.17, 15) is 15.0 Å². The first-order chi connectivity index (χ1) is 13.0. The molecule has 0 aliphatic rings. The maximum atomic E-state index is 15.0. The van der Waals surface area contributed by atoms with Crippen LogP contribution >= 0.6 is 15.9 Å². The zero-order valence-electron chi connectivity index (χ0n) is 14.1. The Bertz CT molecular complexity index is 1000. The number of hydrogen-bond acceptors (Lipinski definition) is 6. The second kappa shape index (κ2) is 7.85. The number of rotatable bonds is 6. The van der Waals surface area contributed by atoms with Crippen molar-refractivity contribution in [1.29, 1.82) is 0 Å². The maximum Gasteiger partial charge on any atom is 0.339 e. The van der Waals surface area contributed by atoms with E-state index < -0.39 is 17.8 Å². The van der Waals surface area contributed by atoms with Gasteiger partial charge in [0.1, 0.15) is 11.3 Å². The zero-order chi connectivity index (χ0) is 19.6. The Hall–Kier alpha value is -2.78. The van der Waals surface area contributed by atoms with Gasteiger partial charge in [-0.3, -0.25) is 9.97 Å². The van der Waals surface area contributed by atoms with Crippen LogP contribution in [0.1, 0.15) is 22.1 Å². The molecular weight excluding hydrogens is 421 g/mol. The topological polar surface area (TPSA) is 105 Å². The van der Waals surface area contributed by atoms with E-state index in [4.69, 9.17) is 4.74 Å². The highest BCUT2D eigenvalue weighted by Gasteiger charge is 2.24. The van der Waals surface area contributed by atoms with Crippen molar-refractivity contribution in [3.63, 3.8) is 0 Å². The number of fused-ring (bicyclic) bond motifs is 1. The van der Waals surface area contributed by atoms with Gasteiger partial charge in [-0.1, -0.05) is 6.07 Å². The average molecular weight is 436 g/mol. The van der Waals surface area contributed by atoms with Gasteiger partial charge in [0, 0.05) is 18.5 Å². The molecule has 1 unspecified atom stereocenters. The molecule has 0 radical (unpaired) electrons. The fraction of sp³-hybridized carbons (Fsp3) is 0.167. The highest BCUT2D eigenvalue weighted by atomic mass is 79.9. The second-order valence-corrected chi connectivity index (χ2v) is 6.38. The van der Waals surface area contributed by atoms with Crippen molar-refractivity contribution in [3.8, 4) is 5.75 Å². The quantitative estimate of drug-likeness (QED) is 0.544. The Morgan fingerprint density at radius 3 is 2.78 bits per heavy atom. The predicted octanol–water partition coefficient (Wildman–Crippen LogP) is 3.38. The summed E-state index contributed by atoms with van der Waals surface area (Å²) >= 11 is 3.12. The lowest BCUT2D eigenvalue weighted by Gasteiger charge is -2.20. The summed E-state index contributed by atoms with van der Waals surface area (Å²) < 4.78 is 20.2. The van der Waals surface area contributed by atoms with Gasteiger partial charge in [-0.2, -0.15) is 0 Å². The summed E-state index contributed by atoms with van der Waals surface area (Å²) in [6.07, 6.45) is 2.68. The first kappa shape index (κ1) is 19.0. The van der Waals surface area contributed by atoms with Crippen LogP contribution in [-0.2, 0) is 0 Å². The Labute approximate surface area is 162 Å². The minimum Gasteiger partial charge on any atom is -0.495 e. The number of ether oxygens (including phenoxy) is 1. The summed E-state index contributed by atoms with van der Waals surface area (Å²) in [6, 6.07) is 5.87. The number of pyridine rings is 2. The number of nitrogens with zero attached hydrogens (tertiary/aromatic N) is 2. The van der Waals surface area contributed by atoms with Gasteiger partial charge in [0.25, 0.3) is 0 Å². The number of carbonyl (C=O) groups is 1. The molecule has 0 spiro atoms. The van der Waals surface area contributed by atoms with Crippen LogP contribution in [0.3, 0.4) is 0 Å². The molecule has 3 N–H and O–H groups in total. The van der Waals surface area contributed by atoms with Crippen LogP contribution in [-0.4, -0.2) is 39.9 Å². The SMILES string of the molecule is COc1cc2ncc(C(=O)O)c(NC(CO)c3ccccn3)c2c(F)c1Br. The van der Waals surface area contributed by atoms with Crippen LogP contribution in [0.25, 0.3) is 10.9 Å². The number of nitrogens with one attached hydrogen (secondary N) is 1. The summed E-state index contributed by atoms with van der Waals surface area (Å²) in [4.78, 5) is 19.9. The highest BCUT2D eigenvalue weighted by Crippen LogP contribution is 2.38. The summed E-state index contributed by atoms with van der Waals surface area (Å²) in [7, 11) is 1.39. The third-order valence-corrected chi connectivity index (χ3v) is 4.74. The Morgan fingerprint density at radius 2 is 2.19 bits per heavy atom. The van der Waals surface area contributed by atoms with Gasteiger partial charge < -0.3 is 20.3 Å². The zero-order valence-corrected chi connectivity index (χ0v) is 15.7. The Balaban J connectivity index is 2.24. The minimum absolute atomic E-state index is 0.00180. The second-order valence-electron chi connectivity index (χ2n) is 5.59. The van der Waals surface area contributed by atoms with Gasteiger partial charge in [-0.15, -0.1) is 0 Å². The van der Waals surface area contributed by atoms with E-state index in [1.807, 2.05) is 0 Å². The molecule has 2 heterocycles. The molecule has 0 saturated heterocycles. The van der Waals surface area contributed by atoms with Crippen molar-refractivity contribution >= 4 is 38.5 Å². The van der Waals surface area contributed by atoms with Crippen LogP contribution in [0, 0.1) is 5.82 Å². The number of halogens is 2. The number of carboxylic acid groups (broad SMARTS) is 1. The summed E-state index contributed by atoms with van der Waals surface area (Å²) in [5.74, 6) is -1.78. The molecule has 0 fully saturated rings. The molecule has 140 valence electrons. The van der Waals surface area contributed by atoms with Crippen molar-refractivity contribution in [2.75, 3.05) is 19.0 Å². The molecule has 27 heavy (non-hydrogen) atoms. The molecule has 3 rings (SSSR count). The number of aromatic carboxylic acids is 1. The largest absolute Gasteiger partial charge is 0.495 e. The molecule has 0 bridgehead atoms. The lowest BCUT2D eigenvalue weighted by Crippen LogP contribution is -2.19. The minimum atomic E-state index is -1.28. The fourth-order valence-corrected chi connectivity index (χ4v) is 3.17. The number of benzene rings is 1. The van der Waals surface area contributed by atoms with Crippen molar-refractivity contribution < 1.29 is 24.1 Å². The number of carboxylic acids is 1. The third-order valence-electron chi connectivity index (χ3n) is 4.00. The smallest absolute Gasteiger partial charge is 0.339 e. The van der Waals surface area contributed by atoms with Crippen LogP contribution in [0.5, 0.6) is 5.75 Å². The van der Waals surface area contributed by atoms with E-state index in [1.54, 1.807) is 24.4 Å². The van der Waals surface area contributed by atoms with Crippen LogP contribution < -0.4 is 10.1 Å². The molecule has 3 aromatic rings. The van der Waals surface area contributed by atoms with E-state index in [0.29, 0.717) is 5.69 Å². The van der Waals surface area contributed by atoms with E-state index >= 15 is 4.39 Å². The summed E-state index contributed by atoms with van der Waals surface area (Å²) in [6.45, 7) is -0.376. The number of aliphatic hydroxyl groups is 1. The molecule has 2 aromatic heterocycles. The standard InChI is InChI=1S/C18H15BrFN3O4/c1-27-13-6-11-14(16(20)15(13)19)17(9(7-22-11)18(25)26)23-12(8-24)10-4-2-3-5-21-10/h2-7,12,24H,8H2,1H3,(H,22,23)(H,25,26). The van der Waals surface area contributed by atoms with Gasteiger partial charge in [0.05, 0.1) is 46.5 Å². The molecule has 1 aromatic carbocycles. The van der Waals surface area contributed by atoms with Gasteiger partial charge in [0.2, 0.25) is 0 Å². The van der Waals surface area contributed by atoms with Crippen LogP contribution in [0.15, 0.2) is 41.1 Å². The van der Waals surface area contributed by atoms with Crippen molar-refractivity contribution in [1.82, 2.24) is 9.97 Å². The predicted molar refractivity (Wildman–Crippen MR) is 101 cm³/mol. The molecule has 0 aliphatic carbocycles. The fourth-order valence-electron chi connectivity index (χ4n) is 2.69. The van der Waals surface area contributed by atoms with Crippen LogP contribution in [0.2, 0.25) is 0 Å². The maximum absolute atomic E-state index is 15.0. The van der Waals surface area contributed by atoms with Gasteiger partial charge >= 0.3 is 5.97 Å². The number of methoxy groups -OCH3 is 1. The van der Waals surface area contributed by atoms with Crippen molar-refractivity contribution in [3.05, 3.63) is 58.2 Å². The molecule has 0 aliphatic heterocycles. The molecule has 0 amide bonds. The van der Waals surface area contributed by atoms with E-state index in [2.05, 4.69) is 31.2 Å². The van der Waals surface area contributed by atoms with Crippen molar-refractivity contribution in [2.24, 2.45) is 0 Å². The van der Waals surface area contributed by atoms with Crippen molar-refractivity contribution in [2.45, 2.75) is 6.04 Å².